The monoisotopic (exact) mass is 367 g/mol. The fourth-order valence-electron chi connectivity index (χ4n) is 3.06. The van der Waals surface area contributed by atoms with Crippen LogP contribution in [0.1, 0.15) is 74.3 Å². The maximum absolute atomic E-state index is 12.7. The van der Waals surface area contributed by atoms with Crippen molar-refractivity contribution in [3.05, 3.63) is 16.1 Å². The lowest BCUT2D eigenvalue weighted by molar-refractivity contribution is 0.0520. The summed E-state index contributed by atoms with van der Waals surface area (Å²) < 4.78 is 4.99. The number of nitrogens with one attached hydrogen (secondary N) is 1. The summed E-state index contributed by atoms with van der Waals surface area (Å²) >= 11 is 1.41. The average Bonchev–Trinajstić information content (AvgIpc) is 3.09. The largest absolute Gasteiger partial charge is 0.461 e. The van der Waals surface area contributed by atoms with Crippen molar-refractivity contribution in [1.29, 1.82) is 0 Å². The van der Waals surface area contributed by atoms with Gasteiger partial charge < -0.3 is 15.0 Å². The summed E-state index contributed by atoms with van der Waals surface area (Å²) in [6.45, 7) is 5.37. The highest BCUT2D eigenvalue weighted by Gasteiger charge is 2.26. The number of carbonyl (C=O) groups is 2. The molecule has 0 aromatic carbocycles. The Morgan fingerprint density at radius 1 is 1.32 bits per heavy atom. The van der Waals surface area contributed by atoms with Gasteiger partial charge >= 0.3 is 12.0 Å². The molecule has 0 atom stereocenters. The Bertz CT molecular complexity index is 556. The molecule has 1 heterocycles. The van der Waals surface area contributed by atoms with E-state index in [0.717, 1.165) is 43.5 Å². The average molecular weight is 368 g/mol. The molecule has 1 aliphatic carbocycles. The molecule has 1 fully saturated rings. The minimum absolute atomic E-state index is 0.0202. The van der Waals surface area contributed by atoms with Crippen molar-refractivity contribution >= 4 is 23.3 Å². The van der Waals surface area contributed by atoms with Crippen LogP contribution in [0.15, 0.2) is 5.38 Å². The van der Waals surface area contributed by atoms with E-state index in [9.17, 15) is 9.59 Å². The summed E-state index contributed by atoms with van der Waals surface area (Å²) in [6, 6.07) is 0.235. The molecule has 0 unspecified atom stereocenters. The first-order valence-electron chi connectivity index (χ1n) is 9.31. The minimum Gasteiger partial charge on any atom is -0.461 e. The summed E-state index contributed by atoms with van der Waals surface area (Å²) in [5, 5.41) is 5.51. The van der Waals surface area contributed by atoms with Gasteiger partial charge in [-0.3, -0.25) is 0 Å². The molecular formula is C18H29N3O3S. The van der Waals surface area contributed by atoms with Crippen LogP contribution in [0.3, 0.4) is 0 Å². The summed E-state index contributed by atoms with van der Waals surface area (Å²) in [5.74, 6) is -0.401. The number of aromatic nitrogens is 1. The second-order valence-electron chi connectivity index (χ2n) is 6.35. The molecule has 1 saturated carbocycles. The smallest absolute Gasteiger partial charge is 0.357 e. The van der Waals surface area contributed by atoms with Crippen LogP contribution in [-0.4, -0.2) is 41.1 Å². The van der Waals surface area contributed by atoms with Crippen LogP contribution in [0.25, 0.3) is 0 Å². The Hall–Kier alpha value is -1.63. The molecule has 1 aromatic rings. The molecule has 0 saturated heterocycles. The molecule has 7 heteroatoms. The summed E-state index contributed by atoms with van der Waals surface area (Å²) in [4.78, 5) is 30.7. The van der Waals surface area contributed by atoms with E-state index in [-0.39, 0.29) is 12.1 Å². The summed E-state index contributed by atoms with van der Waals surface area (Å²) in [5.41, 5.74) is 0.330. The molecular weight excluding hydrogens is 338 g/mol. The molecule has 2 rings (SSSR count). The Balaban J connectivity index is 2.04. The van der Waals surface area contributed by atoms with E-state index in [0.29, 0.717) is 25.4 Å². The molecule has 2 amide bonds. The number of esters is 1. The number of unbranched alkanes of at least 4 members (excludes halogenated alkanes) is 1. The van der Waals surface area contributed by atoms with Crippen LogP contribution in [0.4, 0.5) is 4.79 Å². The van der Waals surface area contributed by atoms with Crippen LogP contribution in [0, 0.1) is 0 Å². The zero-order valence-electron chi connectivity index (χ0n) is 15.3. The van der Waals surface area contributed by atoms with Crippen molar-refractivity contribution in [2.75, 3.05) is 13.2 Å². The highest BCUT2D eigenvalue weighted by atomic mass is 32.1. The van der Waals surface area contributed by atoms with Crippen LogP contribution in [0.2, 0.25) is 0 Å². The quantitative estimate of drug-likeness (QED) is 0.557. The zero-order chi connectivity index (χ0) is 18.1. The van der Waals surface area contributed by atoms with Gasteiger partial charge in [-0.15, -0.1) is 11.3 Å². The van der Waals surface area contributed by atoms with Gasteiger partial charge in [-0.25, -0.2) is 14.6 Å². The molecule has 6 nitrogen and oxygen atoms in total. The van der Waals surface area contributed by atoms with E-state index < -0.39 is 5.97 Å². The van der Waals surface area contributed by atoms with Gasteiger partial charge in [-0.2, -0.15) is 0 Å². The van der Waals surface area contributed by atoms with Crippen LogP contribution in [-0.2, 0) is 11.3 Å². The lowest BCUT2D eigenvalue weighted by atomic mass is 9.94. The van der Waals surface area contributed by atoms with Crippen molar-refractivity contribution in [3.8, 4) is 0 Å². The first kappa shape index (κ1) is 19.7. The highest BCUT2D eigenvalue weighted by Crippen LogP contribution is 2.25. The lowest BCUT2D eigenvalue weighted by Gasteiger charge is -2.33. The van der Waals surface area contributed by atoms with Crippen molar-refractivity contribution in [3.63, 3.8) is 0 Å². The van der Waals surface area contributed by atoms with Crippen molar-refractivity contribution in [2.24, 2.45) is 0 Å². The number of hydrogen-bond donors (Lipinski definition) is 1. The fraction of sp³-hybridized carbons (Fsp3) is 0.722. The predicted molar refractivity (Wildman–Crippen MR) is 98.8 cm³/mol. The van der Waals surface area contributed by atoms with Gasteiger partial charge in [0.2, 0.25) is 0 Å². The molecule has 25 heavy (non-hydrogen) atoms. The Kier molecular flexibility index (Phi) is 8.18. The number of nitrogens with zero attached hydrogens (tertiary/aromatic N) is 2. The Morgan fingerprint density at radius 3 is 2.76 bits per heavy atom. The number of thiazole rings is 1. The number of rotatable bonds is 8. The molecule has 1 aromatic heterocycles. The van der Waals surface area contributed by atoms with E-state index in [1.807, 2.05) is 4.90 Å². The molecule has 0 aliphatic heterocycles. The Morgan fingerprint density at radius 2 is 2.08 bits per heavy atom. The summed E-state index contributed by atoms with van der Waals surface area (Å²) in [7, 11) is 0. The standard InChI is InChI=1S/C18H29N3O3S/c1-3-5-11-19-18(23)21(14-9-7-6-8-10-14)12-16-20-15(13-25-16)17(22)24-4-2/h13-14H,3-12H2,1-2H3,(H,19,23). The van der Waals surface area contributed by atoms with Gasteiger partial charge in [0.25, 0.3) is 0 Å². The van der Waals surface area contributed by atoms with Gasteiger partial charge in [0.05, 0.1) is 13.2 Å². The number of ether oxygens (including phenoxy) is 1. The third-order valence-corrected chi connectivity index (χ3v) is 5.26. The van der Waals surface area contributed by atoms with E-state index in [1.54, 1.807) is 12.3 Å². The van der Waals surface area contributed by atoms with Gasteiger partial charge in [0, 0.05) is 18.0 Å². The number of amides is 2. The predicted octanol–water partition coefficient (Wildman–Crippen LogP) is 3.96. The molecule has 0 radical (unpaired) electrons. The zero-order valence-corrected chi connectivity index (χ0v) is 16.1. The first-order chi connectivity index (χ1) is 12.2. The van der Waals surface area contributed by atoms with Crippen LogP contribution in [0.5, 0.6) is 0 Å². The number of hydrogen-bond acceptors (Lipinski definition) is 5. The fourth-order valence-corrected chi connectivity index (χ4v) is 3.82. The van der Waals surface area contributed by atoms with Crippen LogP contribution < -0.4 is 5.32 Å². The molecule has 0 spiro atoms. The van der Waals surface area contributed by atoms with Gasteiger partial charge in [0.1, 0.15) is 5.01 Å². The normalized spacial score (nSPS) is 15.0. The SMILES string of the molecule is CCCCNC(=O)N(Cc1nc(C(=O)OCC)cs1)C1CCCCC1. The first-order valence-corrected chi connectivity index (χ1v) is 10.2. The second-order valence-corrected chi connectivity index (χ2v) is 7.29. The minimum atomic E-state index is -0.401. The second kappa shape index (κ2) is 10.4. The van der Waals surface area contributed by atoms with Gasteiger partial charge in [0.15, 0.2) is 5.69 Å². The van der Waals surface area contributed by atoms with E-state index in [2.05, 4.69) is 17.2 Å². The lowest BCUT2D eigenvalue weighted by Crippen LogP contribution is -2.46. The molecule has 0 bridgehead atoms. The number of carbonyl (C=O) groups excluding carboxylic acids is 2. The van der Waals surface area contributed by atoms with Crippen molar-refractivity contribution in [2.45, 2.75) is 71.4 Å². The third kappa shape index (κ3) is 5.99. The van der Waals surface area contributed by atoms with Crippen LogP contribution >= 0.6 is 11.3 Å². The van der Waals surface area contributed by atoms with E-state index in [4.69, 9.17) is 4.74 Å². The maximum Gasteiger partial charge on any atom is 0.357 e. The topological polar surface area (TPSA) is 71.5 Å². The number of urea groups is 1. The molecule has 1 N–H and O–H groups in total. The van der Waals surface area contributed by atoms with Crippen molar-refractivity contribution < 1.29 is 14.3 Å². The Labute approximate surface area is 154 Å². The van der Waals surface area contributed by atoms with Crippen molar-refractivity contribution in [1.82, 2.24) is 15.2 Å². The molecule has 140 valence electrons. The van der Waals surface area contributed by atoms with Gasteiger partial charge in [-0.05, 0) is 26.2 Å². The summed E-state index contributed by atoms with van der Waals surface area (Å²) in [6.07, 6.45) is 7.68. The van der Waals surface area contributed by atoms with E-state index in [1.165, 1.54) is 17.8 Å². The van der Waals surface area contributed by atoms with E-state index >= 15 is 0 Å². The molecule has 1 aliphatic rings. The third-order valence-electron chi connectivity index (χ3n) is 4.42. The highest BCUT2D eigenvalue weighted by molar-refractivity contribution is 7.09. The maximum atomic E-state index is 12.7. The van der Waals surface area contributed by atoms with Gasteiger partial charge in [-0.1, -0.05) is 32.6 Å².